The van der Waals surface area contributed by atoms with E-state index in [1.54, 1.807) is 0 Å². The summed E-state index contributed by atoms with van der Waals surface area (Å²) in [6, 6.07) is 8.87. The van der Waals surface area contributed by atoms with Crippen LogP contribution in [-0.2, 0) is 5.41 Å². The van der Waals surface area contributed by atoms with Crippen LogP contribution >= 0.6 is 0 Å². The maximum absolute atomic E-state index is 5.64. The Morgan fingerprint density at radius 3 is 2.36 bits per heavy atom. The third-order valence-corrected chi connectivity index (χ3v) is 1.63. The summed E-state index contributed by atoms with van der Waals surface area (Å²) >= 11 is 0. The molecule has 0 saturated heterocycles. The van der Waals surface area contributed by atoms with Gasteiger partial charge < -0.3 is 5.73 Å². The first-order chi connectivity index (χ1) is 5.00. The number of rotatable bonds is 0. The molecule has 2 N–H and O–H groups in total. The summed E-state index contributed by atoms with van der Waals surface area (Å²) in [5, 5.41) is 0. The first-order valence-electron chi connectivity index (χ1n) is 3.78. The molecule has 1 aromatic rings. The van der Waals surface area contributed by atoms with Crippen molar-refractivity contribution in [2.75, 3.05) is 5.73 Å². The van der Waals surface area contributed by atoms with Crippen LogP contribution in [0.4, 0.5) is 5.69 Å². The van der Waals surface area contributed by atoms with E-state index >= 15 is 0 Å². The number of nitrogens with two attached hydrogens (primary N) is 1. The molecule has 1 rings (SSSR count). The van der Waals surface area contributed by atoms with Crippen LogP contribution in [0.2, 0.25) is 0 Å². The molecule has 0 saturated carbocycles. The molecule has 1 nitrogen and oxygen atoms in total. The molecule has 11 heavy (non-hydrogen) atoms. The second-order valence-corrected chi connectivity index (χ2v) is 3.79. The minimum atomic E-state index is 0.148. The van der Waals surface area contributed by atoms with E-state index in [9.17, 15) is 0 Å². The zero-order chi connectivity index (χ0) is 8.48. The largest absolute Gasteiger partial charge is 0.399 e. The van der Waals surface area contributed by atoms with Crippen LogP contribution in [-0.4, -0.2) is 0 Å². The Morgan fingerprint density at radius 2 is 2.00 bits per heavy atom. The molecular formula is C10H14N. The third-order valence-electron chi connectivity index (χ3n) is 1.63. The molecule has 0 fully saturated rings. The van der Waals surface area contributed by atoms with Gasteiger partial charge in [-0.1, -0.05) is 26.8 Å². The summed E-state index contributed by atoms with van der Waals surface area (Å²) in [5.41, 5.74) is 7.76. The highest BCUT2D eigenvalue weighted by atomic mass is 14.5. The lowest BCUT2D eigenvalue weighted by Gasteiger charge is -2.18. The first kappa shape index (κ1) is 8.12. The van der Waals surface area contributed by atoms with Gasteiger partial charge in [-0.15, -0.1) is 0 Å². The van der Waals surface area contributed by atoms with Crippen LogP contribution in [0.5, 0.6) is 0 Å². The zero-order valence-corrected chi connectivity index (χ0v) is 7.31. The standard InChI is InChI=1S/C10H14N/c1-10(2,3)8-5-4-6-9(11)7-8/h4,6-7H,11H2,1-3H3. The van der Waals surface area contributed by atoms with Gasteiger partial charge >= 0.3 is 0 Å². The Kier molecular flexibility index (Phi) is 1.90. The lowest BCUT2D eigenvalue weighted by molar-refractivity contribution is 0.589. The molecule has 59 valence electrons. The minimum absolute atomic E-state index is 0.148. The average Bonchev–Trinajstić information content (AvgIpc) is 1.86. The molecule has 0 aliphatic heterocycles. The number of anilines is 1. The predicted octanol–water partition coefficient (Wildman–Crippen LogP) is 2.37. The van der Waals surface area contributed by atoms with Gasteiger partial charge in [0.15, 0.2) is 0 Å². The van der Waals surface area contributed by atoms with Crippen molar-refractivity contribution in [2.45, 2.75) is 26.2 Å². The molecule has 0 amide bonds. The molecule has 0 heterocycles. The lowest BCUT2D eigenvalue weighted by atomic mass is 9.87. The Balaban J connectivity index is 3.06. The normalized spacial score (nSPS) is 11.5. The van der Waals surface area contributed by atoms with Crippen molar-refractivity contribution in [3.05, 3.63) is 29.8 Å². The van der Waals surface area contributed by atoms with Gasteiger partial charge in [0.2, 0.25) is 0 Å². The molecule has 0 spiro atoms. The molecule has 0 aliphatic carbocycles. The van der Waals surface area contributed by atoms with Crippen molar-refractivity contribution in [3.63, 3.8) is 0 Å². The molecule has 0 aliphatic rings. The SMILES string of the molecule is CC(C)(C)c1[c]ccc(N)c1. The Morgan fingerprint density at radius 1 is 1.36 bits per heavy atom. The molecule has 0 atom stereocenters. The maximum Gasteiger partial charge on any atom is 0.0317 e. The summed E-state index contributed by atoms with van der Waals surface area (Å²) < 4.78 is 0. The van der Waals surface area contributed by atoms with E-state index in [0.717, 1.165) is 11.3 Å². The van der Waals surface area contributed by atoms with Gasteiger partial charge in [-0.05, 0) is 29.2 Å². The zero-order valence-electron chi connectivity index (χ0n) is 7.31. The quantitative estimate of drug-likeness (QED) is 0.561. The topological polar surface area (TPSA) is 26.0 Å². The summed E-state index contributed by atoms with van der Waals surface area (Å²) in [6.45, 7) is 6.45. The molecule has 0 bridgehead atoms. The number of hydrogen-bond donors (Lipinski definition) is 1. The molecule has 1 aromatic carbocycles. The monoisotopic (exact) mass is 148 g/mol. The van der Waals surface area contributed by atoms with Gasteiger partial charge in [0.05, 0.1) is 0 Å². The summed E-state index contributed by atoms with van der Waals surface area (Å²) in [5.74, 6) is 0. The number of benzene rings is 1. The van der Waals surface area contributed by atoms with Gasteiger partial charge in [-0.25, -0.2) is 0 Å². The van der Waals surface area contributed by atoms with E-state index in [1.165, 1.54) is 0 Å². The van der Waals surface area contributed by atoms with Crippen LogP contribution < -0.4 is 5.73 Å². The van der Waals surface area contributed by atoms with E-state index < -0.39 is 0 Å². The molecule has 0 unspecified atom stereocenters. The summed E-state index contributed by atoms with van der Waals surface area (Å²) in [7, 11) is 0. The van der Waals surface area contributed by atoms with E-state index in [1.807, 2.05) is 18.2 Å². The van der Waals surface area contributed by atoms with E-state index in [2.05, 4.69) is 26.8 Å². The van der Waals surface area contributed by atoms with Crippen LogP contribution in [0.3, 0.4) is 0 Å². The van der Waals surface area contributed by atoms with Crippen molar-refractivity contribution < 1.29 is 0 Å². The first-order valence-corrected chi connectivity index (χ1v) is 3.78. The molecule has 1 radical (unpaired) electrons. The lowest BCUT2D eigenvalue weighted by Crippen LogP contribution is -2.11. The highest BCUT2D eigenvalue weighted by Crippen LogP contribution is 2.22. The highest BCUT2D eigenvalue weighted by Gasteiger charge is 2.12. The smallest absolute Gasteiger partial charge is 0.0317 e. The van der Waals surface area contributed by atoms with Crippen LogP contribution in [0.1, 0.15) is 26.3 Å². The van der Waals surface area contributed by atoms with Crippen molar-refractivity contribution in [1.82, 2.24) is 0 Å². The van der Waals surface area contributed by atoms with Crippen molar-refractivity contribution in [2.24, 2.45) is 0 Å². The fourth-order valence-electron chi connectivity index (χ4n) is 0.917. The Hall–Kier alpha value is -0.980. The van der Waals surface area contributed by atoms with Crippen LogP contribution in [0.25, 0.3) is 0 Å². The Bertz CT molecular complexity index is 245. The van der Waals surface area contributed by atoms with E-state index in [-0.39, 0.29) is 5.41 Å². The molecule has 0 aromatic heterocycles. The second-order valence-electron chi connectivity index (χ2n) is 3.79. The Labute approximate surface area is 68.2 Å². The fourth-order valence-corrected chi connectivity index (χ4v) is 0.917. The second kappa shape index (κ2) is 2.57. The average molecular weight is 148 g/mol. The van der Waals surface area contributed by atoms with Gasteiger partial charge in [-0.3, -0.25) is 0 Å². The van der Waals surface area contributed by atoms with Gasteiger partial charge in [-0.2, -0.15) is 0 Å². The minimum Gasteiger partial charge on any atom is -0.399 e. The number of nitrogen functional groups attached to an aromatic ring is 1. The third kappa shape index (κ3) is 1.97. The van der Waals surface area contributed by atoms with Crippen LogP contribution in [0, 0.1) is 6.07 Å². The van der Waals surface area contributed by atoms with E-state index in [4.69, 9.17) is 5.73 Å². The highest BCUT2D eigenvalue weighted by molar-refractivity contribution is 5.42. The van der Waals surface area contributed by atoms with Crippen molar-refractivity contribution in [3.8, 4) is 0 Å². The van der Waals surface area contributed by atoms with Crippen LogP contribution in [0.15, 0.2) is 18.2 Å². The molecule has 1 heteroatoms. The van der Waals surface area contributed by atoms with Crippen molar-refractivity contribution >= 4 is 5.69 Å². The molecular weight excluding hydrogens is 134 g/mol. The van der Waals surface area contributed by atoms with Gasteiger partial charge in [0, 0.05) is 5.69 Å². The maximum atomic E-state index is 5.64. The van der Waals surface area contributed by atoms with E-state index in [0.29, 0.717) is 0 Å². The van der Waals surface area contributed by atoms with Gasteiger partial charge in [0.1, 0.15) is 0 Å². The number of hydrogen-bond acceptors (Lipinski definition) is 1. The van der Waals surface area contributed by atoms with Gasteiger partial charge in [0.25, 0.3) is 0 Å². The summed E-state index contributed by atoms with van der Waals surface area (Å²) in [6.07, 6.45) is 0. The summed E-state index contributed by atoms with van der Waals surface area (Å²) in [4.78, 5) is 0. The fraction of sp³-hybridized carbons (Fsp3) is 0.400. The predicted molar refractivity (Wildman–Crippen MR) is 48.4 cm³/mol. The van der Waals surface area contributed by atoms with Crippen molar-refractivity contribution in [1.29, 1.82) is 0 Å².